The van der Waals surface area contributed by atoms with Crippen LogP contribution in [0.25, 0.3) is 0 Å². The van der Waals surface area contributed by atoms with Crippen LogP contribution < -0.4 is 10.1 Å². The van der Waals surface area contributed by atoms with Crippen molar-refractivity contribution in [3.05, 3.63) is 23.2 Å². The minimum absolute atomic E-state index is 0.226. The van der Waals surface area contributed by atoms with Gasteiger partial charge in [0.05, 0.1) is 19.4 Å². The Balaban J connectivity index is 1.92. The molecule has 1 aliphatic heterocycles. The number of carbonyl (C=O) groups excluding carboxylic acids is 1. The molecular weight excluding hydrogens is 292 g/mol. The third-order valence-corrected chi connectivity index (χ3v) is 3.78. The first-order chi connectivity index (χ1) is 10.1. The molecule has 0 spiro atoms. The standard InChI is InChI=1S/C15H21ClN2O3/c1-3-21-15(19)18-8-6-12(7-9-18)17-13-10-11(16)4-5-14(13)20-2/h4-5,10,12,17H,3,6-9H2,1-2H3. The zero-order chi connectivity index (χ0) is 15.2. The fourth-order valence-electron chi connectivity index (χ4n) is 2.43. The Morgan fingerprint density at radius 3 is 2.76 bits per heavy atom. The smallest absolute Gasteiger partial charge is 0.409 e. The van der Waals surface area contributed by atoms with E-state index in [1.807, 2.05) is 19.1 Å². The van der Waals surface area contributed by atoms with E-state index in [1.165, 1.54) is 0 Å². The van der Waals surface area contributed by atoms with Gasteiger partial charge in [-0.1, -0.05) is 11.6 Å². The number of nitrogens with one attached hydrogen (secondary N) is 1. The lowest BCUT2D eigenvalue weighted by atomic mass is 10.0. The summed E-state index contributed by atoms with van der Waals surface area (Å²) in [4.78, 5) is 13.4. The second kappa shape index (κ2) is 7.41. The predicted molar refractivity (Wildman–Crippen MR) is 83.2 cm³/mol. The number of nitrogens with zero attached hydrogens (tertiary/aromatic N) is 1. The maximum Gasteiger partial charge on any atom is 0.409 e. The Labute approximate surface area is 130 Å². The highest BCUT2D eigenvalue weighted by molar-refractivity contribution is 6.30. The van der Waals surface area contributed by atoms with E-state index in [2.05, 4.69) is 5.32 Å². The average molecular weight is 313 g/mol. The van der Waals surface area contributed by atoms with Crippen molar-refractivity contribution < 1.29 is 14.3 Å². The summed E-state index contributed by atoms with van der Waals surface area (Å²) in [6.45, 7) is 3.62. The lowest BCUT2D eigenvalue weighted by Crippen LogP contribution is -2.42. The van der Waals surface area contributed by atoms with Crippen LogP contribution in [0, 0.1) is 0 Å². The molecule has 2 rings (SSSR count). The van der Waals surface area contributed by atoms with Crippen molar-refractivity contribution in [1.29, 1.82) is 0 Å². The molecular formula is C15H21ClN2O3. The number of piperidine rings is 1. The summed E-state index contributed by atoms with van der Waals surface area (Å²) in [5.41, 5.74) is 0.889. The van der Waals surface area contributed by atoms with Crippen LogP contribution in [0.15, 0.2) is 18.2 Å². The first-order valence-electron chi connectivity index (χ1n) is 7.15. The Hall–Kier alpha value is -1.62. The van der Waals surface area contributed by atoms with E-state index in [0.717, 1.165) is 24.3 Å². The second-order valence-corrected chi connectivity index (χ2v) is 5.39. The van der Waals surface area contributed by atoms with Crippen molar-refractivity contribution in [3.63, 3.8) is 0 Å². The summed E-state index contributed by atoms with van der Waals surface area (Å²) in [5, 5.41) is 4.11. The molecule has 0 unspecified atom stereocenters. The van der Waals surface area contributed by atoms with Crippen molar-refractivity contribution in [1.82, 2.24) is 4.90 Å². The van der Waals surface area contributed by atoms with Crippen molar-refractivity contribution in [2.24, 2.45) is 0 Å². The minimum Gasteiger partial charge on any atom is -0.495 e. The maximum absolute atomic E-state index is 11.7. The molecule has 0 aromatic heterocycles. The second-order valence-electron chi connectivity index (χ2n) is 4.95. The minimum atomic E-state index is -0.226. The van der Waals surface area contributed by atoms with E-state index in [0.29, 0.717) is 30.8 Å². The summed E-state index contributed by atoms with van der Waals surface area (Å²) >= 11 is 6.03. The van der Waals surface area contributed by atoms with Crippen LogP contribution in [0.1, 0.15) is 19.8 Å². The number of carbonyl (C=O) groups is 1. The molecule has 1 amide bonds. The Morgan fingerprint density at radius 1 is 1.43 bits per heavy atom. The number of benzene rings is 1. The third kappa shape index (κ3) is 4.17. The van der Waals surface area contributed by atoms with Gasteiger partial charge in [-0.3, -0.25) is 0 Å². The third-order valence-electron chi connectivity index (χ3n) is 3.54. The molecule has 0 radical (unpaired) electrons. The maximum atomic E-state index is 11.7. The molecule has 6 heteroatoms. The van der Waals surface area contributed by atoms with Gasteiger partial charge in [-0.15, -0.1) is 0 Å². The van der Waals surface area contributed by atoms with Gasteiger partial charge < -0.3 is 19.7 Å². The molecule has 1 aromatic rings. The van der Waals surface area contributed by atoms with Gasteiger partial charge >= 0.3 is 6.09 Å². The molecule has 1 heterocycles. The monoisotopic (exact) mass is 312 g/mol. The number of anilines is 1. The van der Waals surface area contributed by atoms with E-state index in [9.17, 15) is 4.79 Å². The average Bonchev–Trinajstić information content (AvgIpc) is 2.48. The number of halogens is 1. The molecule has 0 atom stereocenters. The van der Waals surface area contributed by atoms with Gasteiger partial charge in [0.2, 0.25) is 0 Å². The van der Waals surface area contributed by atoms with Gasteiger partial charge in [0.1, 0.15) is 5.75 Å². The van der Waals surface area contributed by atoms with Crippen molar-refractivity contribution >= 4 is 23.4 Å². The number of hydrogen-bond acceptors (Lipinski definition) is 4. The Morgan fingerprint density at radius 2 is 2.14 bits per heavy atom. The molecule has 0 bridgehead atoms. The van der Waals surface area contributed by atoms with Crippen LogP contribution in [0.5, 0.6) is 5.75 Å². The highest BCUT2D eigenvalue weighted by atomic mass is 35.5. The molecule has 21 heavy (non-hydrogen) atoms. The summed E-state index contributed by atoms with van der Waals surface area (Å²) in [6.07, 6.45) is 1.51. The molecule has 0 saturated carbocycles. The van der Waals surface area contributed by atoms with Gasteiger partial charge in [0.25, 0.3) is 0 Å². The van der Waals surface area contributed by atoms with Crippen molar-refractivity contribution in [2.75, 3.05) is 32.1 Å². The first-order valence-corrected chi connectivity index (χ1v) is 7.53. The van der Waals surface area contributed by atoms with E-state index < -0.39 is 0 Å². The summed E-state index contributed by atoms with van der Waals surface area (Å²) in [5.74, 6) is 0.771. The van der Waals surface area contributed by atoms with Crippen LogP contribution in [-0.2, 0) is 4.74 Å². The lowest BCUT2D eigenvalue weighted by Gasteiger charge is -2.32. The SMILES string of the molecule is CCOC(=O)N1CCC(Nc2cc(Cl)ccc2OC)CC1. The van der Waals surface area contributed by atoms with Gasteiger partial charge in [0.15, 0.2) is 0 Å². The molecule has 1 aromatic carbocycles. The molecule has 0 aliphatic carbocycles. The van der Waals surface area contributed by atoms with Gasteiger partial charge in [-0.05, 0) is 38.0 Å². The van der Waals surface area contributed by atoms with Crippen LogP contribution in [0.2, 0.25) is 5.02 Å². The number of likely N-dealkylation sites (tertiary alicyclic amines) is 1. The number of hydrogen-bond donors (Lipinski definition) is 1. The fraction of sp³-hybridized carbons (Fsp3) is 0.533. The highest BCUT2D eigenvalue weighted by Gasteiger charge is 2.24. The van der Waals surface area contributed by atoms with Crippen LogP contribution >= 0.6 is 11.6 Å². The fourth-order valence-corrected chi connectivity index (χ4v) is 2.61. The molecule has 116 valence electrons. The zero-order valence-electron chi connectivity index (χ0n) is 12.4. The lowest BCUT2D eigenvalue weighted by molar-refractivity contribution is 0.0983. The van der Waals surface area contributed by atoms with Gasteiger partial charge in [-0.2, -0.15) is 0 Å². The Kier molecular flexibility index (Phi) is 5.56. The summed E-state index contributed by atoms with van der Waals surface area (Å²) < 4.78 is 10.3. The largest absolute Gasteiger partial charge is 0.495 e. The van der Waals surface area contributed by atoms with E-state index >= 15 is 0 Å². The molecule has 5 nitrogen and oxygen atoms in total. The quantitative estimate of drug-likeness (QED) is 0.926. The number of amides is 1. The van der Waals surface area contributed by atoms with Crippen molar-refractivity contribution in [2.45, 2.75) is 25.8 Å². The summed E-state index contributed by atoms with van der Waals surface area (Å²) in [6, 6.07) is 5.80. The Bertz CT molecular complexity index is 488. The normalized spacial score (nSPS) is 15.7. The van der Waals surface area contributed by atoms with Crippen LogP contribution in [0.3, 0.4) is 0 Å². The molecule has 1 fully saturated rings. The first kappa shape index (κ1) is 15.8. The van der Waals surface area contributed by atoms with Crippen molar-refractivity contribution in [3.8, 4) is 5.75 Å². The molecule has 1 N–H and O–H groups in total. The van der Waals surface area contributed by atoms with Gasteiger partial charge in [0, 0.05) is 24.2 Å². The van der Waals surface area contributed by atoms with E-state index in [4.69, 9.17) is 21.1 Å². The molecule has 1 saturated heterocycles. The molecule has 1 aliphatic rings. The van der Waals surface area contributed by atoms with E-state index in [1.54, 1.807) is 18.1 Å². The predicted octanol–water partition coefficient (Wildman–Crippen LogP) is 3.38. The number of ether oxygens (including phenoxy) is 2. The topological polar surface area (TPSA) is 50.8 Å². The number of rotatable bonds is 4. The van der Waals surface area contributed by atoms with E-state index in [-0.39, 0.29) is 6.09 Å². The highest BCUT2D eigenvalue weighted by Crippen LogP contribution is 2.29. The summed E-state index contributed by atoms with van der Waals surface area (Å²) in [7, 11) is 1.64. The number of methoxy groups -OCH3 is 1. The zero-order valence-corrected chi connectivity index (χ0v) is 13.2. The van der Waals surface area contributed by atoms with Gasteiger partial charge in [-0.25, -0.2) is 4.79 Å². The van der Waals surface area contributed by atoms with Crippen LogP contribution in [0.4, 0.5) is 10.5 Å². The van der Waals surface area contributed by atoms with Crippen LogP contribution in [-0.4, -0.2) is 43.8 Å².